The quantitative estimate of drug-likeness (QED) is 0.481. The highest BCUT2D eigenvalue weighted by molar-refractivity contribution is 14.1. The third-order valence-corrected chi connectivity index (χ3v) is 3.43. The van der Waals surface area contributed by atoms with Crippen LogP contribution >= 0.6 is 22.9 Å². The van der Waals surface area contributed by atoms with Gasteiger partial charge in [0.1, 0.15) is 0 Å². The van der Waals surface area contributed by atoms with E-state index in [0.717, 1.165) is 19.6 Å². The number of carbonyl (C=O) groups is 1. The van der Waals surface area contributed by atoms with Gasteiger partial charge in [-0.15, -0.1) is 0 Å². The predicted octanol–water partition coefficient (Wildman–Crippen LogP) is 0.889. The van der Waals surface area contributed by atoms with Crippen molar-refractivity contribution in [3.8, 4) is 0 Å². The molecule has 1 rings (SSSR count). The summed E-state index contributed by atoms with van der Waals surface area (Å²) < 4.78 is 2.25. The van der Waals surface area contributed by atoms with Crippen molar-refractivity contribution >= 4 is 28.8 Å². The largest absolute Gasteiger partial charge is 0.340 e. The third-order valence-electron chi connectivity index (χ3n) is 1.99. The third kappa shape index (κ3) is 2.30. The number of amides is 1. The van der Waals surface area contributed by atoms with Crippen LogP contribution < -0.4 is 0 Å². The Morgan fingerprint density at radius 2 is 2.18 bits per heavy atom. The van der Waals surface area contributed by atoms with Gasteiger partial charge in [0.2, 0.25) is 5.91 Å². The Hall–Kier alpha value is 0.160. The Balaban J connectivity index is 2.46. The van der Waals surface area contributed by atoms with Crippen LogP contribution in [0.15, 0.2) is 0 Å². The van der Waals surface area contributed by atoms with E-state index in [1.54, 1.807) is 6.92 Å². The molecule has 0 aromatic rings. The molecule has 0 aromatic carbocycles. The zero-order valence-electron chi connectivity index (χ0n) is 6.88. The van der Waals surface area contributed by atoms with Crippen LogP contribution in [0, 0.1) is 0 Å². The first kappa shape index (κ1) is 9.25. The fraction of sp³-hybridized carbons (Fsp3) is 0.857. The molecule has 0 radical (unpaired) electrons. The minimum absolute atomic E-state index is 0.196. The summed E-state index contributed by atoms with van der Waals surface area (Å²) in [5, 5.41) is 0. The SMILES string of the molecule is CC(=O)N1CCN(I)C(C)C1. The summed E-state index contributed by atoms with van der Waals surface area (Å²) >= 11 is 2.31. The van der Waals surface area contributed by atoms with Crippen LogP contribution in [0.3, 0.4) is 0 Å². The minimum Gasteiger partial charge on any atom is -0.340 e. The van der Waals surface area contributed by atoms with Gasteiger partial charge < -0.3 is 4.90 Å². The molecule has 4 heteroatoms. The Labute approximate surface area is 81.2 Å². The molecule has 0 bridgehead atoms. The molecule has 1 saturated heterocycles. The standard InChI is InChI=1S/C7H13IN2O/c1-6-5-9(7(2)11)3-4-10(6)8/h6H,3-5H2,1-2H3. The topological polar surface area (TPSA) is 23.6 Å². The lowest BCUT2D eigenvalue weighted by atomic mass is 10.2. The first-order chi connectivity index (χ1) is 5.11. The molecule has 1 fully saturated rings. The summed E-state index contributed by atoms with van der Waals surface area (Å²) in [6.07, 6.45) is 0. The van der Waals surface area contributed by atoms with Gasteiger partial charge in [-0.1, -0.05) is 0 Å². The molecule has 1 amide bonds. The number of hydrogen-bond acceptors (Lipinski definition) is 2. The van der Waals surface area contributed by atoms with Crippen LogP contribution in [0.2, 0.25) is 0 Å². The zero-order chi connectivity index (χ0) is 8.43. The highest BCUT2D eigenvalue weighted by Gasteiger charge is 2.22. The zero-order valence-corrected chi connectivity index (χ0v) is 9.04. The van der Waals surface area contributed by atoms with Crippen LogP contribution in [-0.4, -0.2) is 39.6 Å². The molecule has 0 N–H and O–H groups in total. The predicted molar refractivity (Wildman–Crippen MR) is 52.4 cm³/mol. The lowest BCUT2D eigenvalue weighted by Crippen LogP contribution is -2.49. The van der Waals surface area contributed by atoms with E-state index in [0.29, 0.717) is 6.04 Å². The molecule has 1 atom stereocenters. The molecular formula is C7H13IN2O. The second-order valence-electron chi connectivity index (χ2n) is 2.94. The van der Waals surface area contributed by atoms with Crippen LogP contribution in [0.1, 0.15) is 13.8 Å². The summed E-state index contributed by atoms with van der Waals surface area (Å²) in [6, 6.07) is 0.494. The summed E-state index contributed by atoms with van der Waals surface area (Å²) in [7, 11) is 0. The van der Waals surface area contributed by atoms with E-state index in [4.69, 9.17) is 0 Å². The highest BCUT2D eigenvalue weighted by atomic mass is 127. The first-order valence-corrected chi connectivity index (χ1v) is 4.75. The van der Waals surface area contributed by atoms with Crippen molar-refractivity contribution in [2.75, 3.05) is 19.6 Å². The van der Waals surface area contributed by atoms with Crippen molar-refractivity contribution in [2.45, 2.75) is 19.9 Å². The van der Waals surface area contributed by atoms with Gasteiger partial charge in [0.15, 0.2) is 0 Å². The van der Waals surface area contributed by atoms with Gasteiger partial charge >= 0.3 is 0 Å². The van der Waals surface area contributed by atoms with Gasteiger partial charge in [-0.25, -0.2) is 3.11 Å². The Bertz CT molecular complexity index is 163. The average Bonchev–Trinajstić information content (AvgIpc) is 1.94. The van der Waals surface area contributed by atoms with Crippen molar-refractivity contribution in [1.82, 2.24) is 8.01 Å². The van der Waals surface area contributed by atoms with Crippen molar-refractivity contribution < 1.29 is 4.79 Å². The average molecular weight is 268 g/mol. The fourth-order valence-electron chi connectivity index (χ4n) is 1.22. The van der Waals surface area contributed by atoms with Gasteiger partial charge in [-0.05, 0) is 6.92 Å². The molecule has 1 aliphatic rings. The highest BCUT2D eigenvalue weighted by Crippen LogP contribution is 2.13. The van der Waals surface area contributed by atoms with Gasteiger partial charge in [0.25, 0.3) is 0 Å². The van der Waals surface area contributed by atoms with Crippen LogP contribution in [0.25, 0.3) is 0 Å². The van der Waals surface area contributed by atoms with E-state index in [-0.39, 0.29) is 5.91 Å². The van der Waals surface area contributed by atoms with E-state index in [9.17, 15) is 4.79 Å². The number of nitrogens with zero attached hydrogens (tertiary/aromatic N) is 2. The van der Waals surface area contributed by atoms with Crippen molar-refractivity contribution in [3.05, 3.63) is 0 Å². The number of halogens is 1. The van der Waals surface area contributed by atoms with E-state index in [2.05, 4.69) is 32.9 Å². The van der Waals surface area contributed by atoms with E-state index in [1.165, 1.54) is 0 Å². The number of carbonyl (C=O) groups excluding carboxylic acids is 1. The smallest absolute Gasteiger partial charge is 0.219 e. The van der Waals surface area contributed by atoms with Crippen molar-refractivity contribution in [3.63, 3.8) is 0 Å². The van der Waals surface area contributed by atoms with Gasteiger partial charge in [-0.3, -0.25) is 4.79 Å². The maximum absolute atomic E-state index is 11.0. The molecule has 11 heavy (non-hydrogen) atoms. The minimum atomic E-state index is 0.196. The summed E-state index contributed by atoms with van der Waals surface area (Å²) in [6.45, 7) is 6.51. The number of hydrogen-bond donors (Lipinski definition) is 0. The molecule has 1 unspecified atom stereocenters. The molecule has 0 aromatic heterocycles. The maximum Gasteiger partial charge on any atom is 0.219 e. The maximum atomic E-state index is 11.0. The molecular weight excluding hydrogens is 255 g/mol. The van der Waals surface area contributed by atoms with Gasteiger partial charge in [0.05, 0.1) is 0 Å². The van der Waals surface area contributed by atoms with E-state index < -0.39 is 0 Å². The Morgan fingerprint density at radius 3 is 2.64 bits per heavy atom. The van der Waals surface area contributed by atoms with Crippen LogP contribution in [0.5, 0.6) is 0 Å². The Kier molecular flexibility index (Phi) is 3.12. The van der Waals surface area contributed by atoms with Crippen LogP contribution in [-0.2, 0) is 4.79 Å². The van der Waals surface area contributed by atoms with E-state index >= 15 is 0 Å². The first-order valence-electron chi connectivity index (χ1n) is 3.79. The van der Waals surface area contributed by atoms with Gasteiger partial charge in [-0.2, -0.15) is 0 Å². The van der Waals surface area contributed by atoms with Crippen molar-refractivity contribution in [1.29, 1.82) is 0 Å². The monoisotopic (exact) mass is 268 g/mol. The molecule has 0 saturated carbocycles. The molecule has 1 heterocycles. The van der Waals surface area contributed by atoms with E-state index in [1.807, 2.05) is 4.90 Å². The Morgan fingerprint density at radius 1 is 1.55 bits per heavy atom. The molecule has 64 valence electrons. The molecule has 0 spiro atoms. The molecule has 1 aliphatic heterocycles. The lowest BCUT2D eigenvalue weighted by Gasteiger charge is -2.35. The summed E-state index contributed by atoms with van der Waals surface area (Å²) in [5.41, 5.74) is 0. The molecule has 3 nitrogen and oxygen atoms in total. The van der Waals surface area contributed by atoms with Crippen molar-refractivity contribution in [2.24, 2.45) is 0 Å². The number of piperazine rings is 1. The lowest BCUT2D eigenvalue weighted by molar-refractivity contribution is -0.130. The normalized spacial score (nSPS) is 27.2. The second kappa shape index (κ2) is 3.71. The molecule has 0 aliphatic carbocycles. The van der Waals surface area contributed by atoms with Crippen LogP contribution in [0.4, 0.5) is 0 Å². The second-order valence-corrected chi connectivity index (χ2v) is 4.18. The summed E-state index contributed by atoms with van der Waals surface area (Å²) in [4.78, 5) is 12.9. The van der Waals surface area contributed by atoms with Gasteiger partial charge in [0, 0.05) is 55.5 Å². The number of rotatable bonds is 0. The fourth-order valence-corrected chi connectivity index (χ4v) is 1.61. The summed E-state index contributed by atoms with van der Waals surface area (Å²) in [5.74, 6) is 0.196.